The van der Waals surface area contributed by atoms with E-state index < -0.39 is 50.9 Å². The summed E-state index contributed by atoms with van der Waals surface area (Å²) in [6.07, 6.45) is 6.82. The number of hydrogen-bond acceptors (Lipinski definition) is 7. The topological polar surface area (TPSA) is 143 Å². The van der Waals surface area contributed by atoms with E-state index in [0.717, 1.165) is 43.5 Å². The van der Waals surface area contributed by atoms with Crippen molar-refractivity contribution in [1.82, 2.24) is 18.7 Å². The summed E-state index contributed by atoms with van der Waals surface area (Å²) in [6, 6.07) is 8.62. The van der Waals surface area contributed by atoms with Gasteiger partial charge in [-0.15, -0.1) is 0 Å². The summed E-state index contributed by atoms with van der Waals surface area (Å²) in [5.74, 6) is -5.53. The lowest BCUT2D eigenvalue weighted by Gasteiger charge is -2.47. The highest BCUT2D eigenvalue weighted by atomic mass is 32.2. The first-order valence-electron chi connectivity index (χ1n) is 15.3. The van der Waals surface area contributed by atoms with Crippen LogP contribution in [0.15, 0.2) is 59.9 Å². The predicted octanol–water partition coefficient (Wildman–Crippen LogP) is 6.24. The summed E-state index contributed by atoms with van der Waals surface area (Å²) < 4.78 is 77.0. The van der Waals surface area contributed by atoms with Crippen molar-refractivity contribution in [3.63, 3.8) is 0 Å². The summed E-state index contributed by atoms with van der Waals surface area (Å²) in [5, 5.41) is 27.6. The minimum absolute atomic E-state index is 0.0806. The molecular weight excluding hydrogens is 645 g/mol. The van der Waals surface area contributed by atoms with Crippen LogP contribution in [0, 0.1) is 53.5 Å². The number of nitriles is 1. The van der Waals surface area contributed by atoms with Gasteiger partial charge in [0.05, 0.1) is 28.3 Å². The molecule has 2 bridgehead atoms. The van der Waals surface area contributed by atoms with Crippen LogP contribution in [0.1, 0.15) is 36.8 Å². The summed E-state index contributed by atoms with van der Waals surface area (Å²) in [6.45, 7) is 1.77. The van der Waals surface area contributed by atoms with Crippen molar-refractivity contribution in [2.75, 3.05) is 5.32 Å². The zero-order valence-electron chi connectivity index (χ0n) is 25.8. The van der Waals surface area contributed by atoms with E-state index >= 15 is 8.78 Å². The fourth-order valence-electron chi connectivity index (χ4n) is 7.40. The molecule has 14 heteroatoms. The molecule has 2 atom stereocenters. The molecule has 246 valence electrons. The molecule has 2 N–H and O–H groups in total. The number of aromatic nitrogens is 4. The highest BCUT2D eigenvalue weighted by molar-refractivity contribution is 7.90. The zero-order chi connectivity index (χ0) is 34.1. The van der Waals surface area contributed by atoms with E-state index in [1.165, 1.54) is 29.2 Å². The van der Waals surface area contributed by atoms with Crippen molar-refractivity contribution in [1.29, 1.82) is 5.26 Å². The van der Waals surface area contributed by atoms with E-state index in [9.17, 15) is 28.0 Å². The van der Waals surface area contributed by atoms with Crippen molar-refractivity contribution < 1.29 is 31.5 Å². The number of aryl methyl sites for hydroxylation is 2. The fraction of sp³-hybridized carbons (Fsp3) is 0.294. The summed E-state index contributed by atoms with van der Waals surface area (Å²) in [5.41, 5.74) is -0.479. The van der Waals surface area contributed by atoms with Crippen LogP contribution in [0.3, 0.4) is 0 Å². The second-order valence-corrected chi connectivity index (χ2v) is 14.4. The largest absolute Gasteiger partial charge is 0.481 e. The lowest BCUT2D eigenvalue weighted by molar-refractivity contribution is -0.148. The minimum Gasteiger partial charge on any atom is -0.481 e. The molecule has 2 aromatic carbocycles. The molecule has 10 nitrogen and oxygen atoms in total. The Bertz CT molecular complexity index is 2270. The number of nitrogens with one attached hydrogen (secondary N) is 1. The van der Waals surface area contributed by atoms with Crippen LogP contribution < -0.4 is 5.32 Å². The first-order valence-corrected chi connectivity index (χ1v) is 16.8. The molecule has 0 amide bonds. The van der Waals surface area contributed by atoms with Crippen LogP contribution in [0.2, 0.25) is 0 Å². The van der Waals surface area contributed by atoms with Crippen LogP contribution in [-0.2, 0) is 21.9 Å². The Morgan fingerprint density at radius 1 is 1.06 bits per heavy atom. The molecule has 8 rings (SSSR count). The molecule has 3 aromatic heterocycles. The molecule has 5 aromatic rings. The van der Waals surface area contributed by atoms with Gasteiger partial charge in [0.2, 0.25) is 0 Å². The molecule has 48 heavy (non-hydrogen) atoms. The molecule has 3 heterocycles. The number of pyridine rings is 1. The minimum atomic E-state index is -4.47. The Morgan fingerprint density at radius 2 is 1.75 bits per heavy atom. The van der Waals surface area contributed by atoms with Crippen molar-refractivity contribution in [2.45, 2.75) is 43.5 Å². The molecule has 3 fully saturated rings. The standard InChI is InChI=1S/C34H29F3N6O4S/c1-17-3-9-22(10-4-17)48(46,47)43-16-25(23-11-21(35)12-26(36)32(23)43)31-24(13-38)27(20-14-39-42(2)15-20)29(37)33(41-31)40-30-19-7-5-18(6-8-19)28(30)34(44)45/h3-4,9-12,14-16,18-19,28,30H,5-8H2,1-2H3,(H,40,41)(H,44,45). The Labute approximate surface area is 273 Å². The molecule has 2 unspecified atom stereocenters. The summed E-state index contributed by atoms with van der Waals surface area (Å²) in [4.78, 5) is 16.7. The second-order valence-electron chi connectivity index (χ2n) is 12.5. The Kier molecular flexibility index (Phi) is 7.54. The van der Waals surface area contributed by atoms with Gasteiger partial charge in [-0.3, -0.25) is 9.48 Å². The lowest BCUT2D eigenvalue weighted by atomic mass is 9.61. The first-order chi connectivity index (χ1) is 22.9. The highest BCUT2D eigenvalue weighted by Crippen LogP contribution is 2.47. The Morgan fingerprint density at radius 3 is 2.38 bits per heavy atom. The quantitative estimate of drug-likeness (QED) is 0.207. The van der Waals surface area contributed by atoms with Crippen LogP contribution in [0.5, 0.6) is 0 Å². The number of rotatable bonds is 7. The maximum absolute atomic E-state index is 16.6. The van der Waals surface area contributed by atoms with Crippen molar-refractivity contribution in [2.24, 2.45) is 24.8 Å². The smallest absolute Gasteiger partial charge is 0.308 e. The van der Waals surface area contributed by atoms with Gasteiger partial charge in [-0.25, -0.2) is 30.5 Å². The zero-order valence-corrected chi connectivity index (χ0v) is 26.6. The van der Waals surface area contributed by atoms with Crippen molar-refractivity contribution in [3.8, 4) is 28.5 Å². The molecule has 3 aliphatic carbocycles. The number of halogens is 3. The fourth-order valence-corrected chi connectivity index (χ4v) is 8.78. The van der Waals surface area contributed by atoms with E-state index in [1.807, 2.05) is 6.07 Å². The monoisotopic (exact) mass is 674 g/mol. The van der Waals surface area contributed by atoms with Crippen LogP contribution in [0.25, 0.3) is 33.3 Å². The maximum Gasteiger partial charge on any atom is 0.308 e. The van der Waals surface area contributed by atoms with E-state index in [0.29, 0.717) is 10.0 Å². The van der Waals surface area contributed by atoms with Gasteiger partial charge in [0.15, 0.2) is 17.5 Å². The normalized spacial score (nSPS) is 20.6. The average Bonchev–Trinajstić information content (AvgIpc) is 3.66. The summed E-state index contributed by atoms with van der Waals surface area (Å²) >= 11 is 0. The Hall–Kier alpha value is -5.16. The first kappa shape index (κ1) is 31.4. The lowest BCUT2D eigenvalue weighted by Crippen LogP contribution is -2.51. The number of anilines is 1. The third-order valence-electron chi connectivity index (χ3n) is 9.67. The summed E-state index contributed by atoms with van der Waals surface area (Å²) in [7, 11) is -2.87. The van der Waals surface area contributed by atoms with Gasteiger partial charge in [0.25, 0.3) is 10.0 Å². The second kappa shape index (κ2) is 11.5. The van der Waals surface area contributed by atoms with Gasteiger partial charge in [0.1, 0.15) is 17.4 Å². The third kappa shape index (κ3) is 5.00. The number of nitrogens with zero attached hydrogens (tertiary/aromatic N) is 5. The van der Waals surface area contributed by atoms with Gasteiger partial charge in [-0.1, -0.05) is 17.7 Å². The van der Waals surface area contributed by atoms with Crippen molar-refractivity contribution >= 4 is 32.7 Å². The molecule has 0 aliphatic heterocycles. The van der Waals surface area contributed by atoms with E-state index in [1.54, 1.807) is 26.1 Å². The molecule has 3 aliphatic rings. The number of hydrogen-bond donors (Lipinski definition) is 2. The SMILES string of the molecule is Cc1ccc(S(=O)(=O)n2cc(-c3nc(NC4C5CCC(CC5)C4C(=O)O)c(F)c(-c4cnn(C)c4)c3C#N)c3cc(F)cc(F)c32)cc1. The van der Waals surface area contributed by atoms with Gasteiger partial charge < -0.3 is 10.4 Å². The number of carbonyl (C=O) groups is 1. The van der Waals surface area contributed by atoms with Gasteiger partial charge in [-0.2, -0.15) is 10.4 Å². The number of aliphatic carboxylic acids is 1. The van der Waals surface area contributed by atoms with E-state index in [4.69, 9.17) is 0 Å². The number of benzene rings is 2. The molecule has 0 spiro atoms. The Balaban J connectivity index is 1.50. The highest BCUT2D eigenvalue weighted by Gasteiger charge is 2.48. The van der Waals surface area contributed by atoms with Gasteiger partial charge >= 0.3 is 5.97 Å². The van der Waals surface area contributed by atoms with Gasteiger partial charge in [0, 0.05) is 53.6 Å². The average molecular weight is 675 g/mol. The maximum atomic E-state index is 16.6. The molecule has 0 radical (unpaired) electrons. The molecule has 3 saturated carbocycles. The number of carboxylic acid groups (broad SMARTS) is 1. The number of carboxylic acids is 1. The van der Waals surface area contributed by atoms with Gasteiger partial charge in [-0.05, 0) is 62.6 Å². The van der Waals surface area contributed by atoms with E-state index in [-0.39, 0.29) is 55.9 Å². The third-order valence-corrected chi connectivity index (χ3v) is 11.3. The van der Waals surface area contributed by atoms with Crippen LogP contribution in [0.4, 0.5) is 19.0 Å². The van der Waals surface area contributed by atoms with Crippen LogP contribution in [-0.4, -0.2) is 44.3 Å². The van der Waals surface area contributed by atoms with Crippen LogP contribution >= 0.6 is 0 Å². The molecular formula is C34H29F3N6O4S. The van der Waals surface area contributed by atoms with Crippen molar-refractivity contribution in [3.05, 3.63) is 83.6 Å². The van der Waals surface area contributed by atoms with E-state index in [2.05, 4.69) is 15.4 Å². The number of fused-ring (bicyclic) bond motifs is 4. The molecule has 0 saturated heterocycles. The predicted molar refractivity (Wildman–Crippen MR) is 170 cm³/mol.